The molecule has 0 N–H and O–H groups in total. The Morgan fingerprint density at radius 2 is 1.95 bits per heavy atom. The third kappa shape index (κ3) is 4.63. The molecule has 1 aromatic heterocycles. The number of fused-ring (bicyclic) bond motifs is 2. The summed E-state index contributed by atoms with van der Waals surface area (Å²) in [6.45, 7) is 13.6. The second-order valence-electron chi connectivity index (χ2n) is 12.9. The van der Waals surface area contributed by atoms with Gasteiger partial charge < -0.3 is 9.80 Å². The van der Waals surface area contributed by atoms with E-state index in [9.17, 15) is 4.79 Å². The summed E-state index contributed by atoms with van der Waals surface area (Å²) in [6, 6.07) is 4.89. The van der Waals surface area contributed by atoms with Crippen LogP contribution in [0, 0.1) is 0 Å². The number of piperidine rings is 1. The van der Waals surface area contributed by atoms with Crippen molar-refractivity contribution in [3.05, 3.63) is 51.4 Å². The highest BCUT2D eigenvalue weighted by Crippen LogP contribution is 2.45. The molecule has 200 valence electrons. The van der Waals surface area contributed by atoms with Crippen LogP contribution >= 0.6 is 11.3 Å². The number of rotatable bonds is 4. The summed E-state index contributed by atoms with van der Waals surface area (Å²) in [6.07, 6.45) is 11.7. The van der Waals surface area contributed by atoms with Crippen molar-refractivity contribution in [1.82, 2.24) is 14.8 Å². The summed E-state index contributed by atoms with van der Waals surface area (Å²) in [5, 5.41) is 3.49. The summed E-state index contributed by atoms with van der Waals surface area (Å²) < 4.78 is 0. The van der Waals surface area contributed by atoms with E-state index in [0.717, 1.165) is 38.0 Å². The van der Waals surface area contributed by atoms with Gasteiger partial charge in [0.05, 0.1) is 17.0 Å². The van der Waals surface area contributed by atoms with Gasteiger partial charge in [-0.15, -0.1) is 11.3 Å². The fourth-order valence-corrected chi connectivity index (χ4v) is 7.26. The van der Waals surface area contributed by atoms with E-state index in [1.807, 2.05) is 22.0 Å². The van der Waals surface area contributed by atoms with Gasteiger partial charge in [0.15, 0.2) is 0 Å². The normalized spacial score (nSPS) is 24.2. The van der Waals surface area contributed by atoms with E-state index in [-0.39, 0.29) is 28.9 Å². The SMILES string of the molecule is CC(C)(C)c1cc(-c2csc(C3CCN(C(=O)CN4C=NC5C=CC=NC54)CC3)n2)c2c(c1)C(C)(C)CC2. The molecular formula is C31H39N5OS. The van der Waals surface area contributed by atoms with Crippen LogP contribution in [0.5, 0.6) is 0 Å². The number of carbonyl (C=O) groups excluding carboxylic acids is 1. The third-order valence-electron chi connectivity index (χ3n) is 8.82. The number of amides is 1. The van der Waals surface area contributed by atoms with Gasteiger partial charge in [-0.3, -0.25) is 14.8 Å². The molecule has 3 aliphatic heterocycles. The quantitative estimate of drug-likeness (QED) is 0.509. The van der Waals surface area contributed by atoms with Crippen LogP contribution in [0.15, 0.2) is 39.6 Å². The molecule has 0 radical (unpaired) electrons. The van der Waals surface area contributed by atoms with E-state index in [2.05, 4.69) is 62.1 Å². The Bertz CT molecular complexity index is 1320. The van der Waals surface area contributed by atoms with Crippen LogP contribution in [0.4, 0.5) is 0 Å². The summed E-state index contributed by atoms with van der Waals surface area (Å²) in [4.78, 5) is 31.3. The average Bonchev–Trinajstić information content (AvgIpc) is 3.61. The van der Waals surface area contributed by atoms with Crippen LogP contribution in [0.1, 0.15) is 81.5 Å². The maximum atomic E-state index is 13.1. The Labute approximate surface area is 230 Å². The van der Waals surface area contributed by atoms with E-state index in [1.54, 1.807) is 23.9 Å². The van der Waals surface area contributed by atoms with Gasteiger partial charge in [0.25, 0.3) is 0 Å². The lowest BCUT2D eigenvalue weighted by molar-refractivity contribution is -0.132. The zero-order valence-electron chi connectivity index (χ0n) is 23.3. The second kappa shape index (κ2) is 9.44. The number of likely N-dealkylation sites (tertiary alicyclic amines) is 1. The van der Waals surface area contributed by atoms with Crippen molar-refractivity contribution in [2.45, 2.75) is 89.3 Å². The smallest absolute Gasteiger partial charge is 0.242 e. The first-order chi connectivity index (χ1) is 18.1. The van der Waals surface area contributed by atoms with Crippen molar-refractivity contribution >= 4 is 29.8 Å². The molecule has 2 unspecified atom stereocenters. The molecule has 38 heavy (non-hydrogen) atoms. The number of dihydropyridines is 1. The number of carbonyl (C=O) groups is 1. The van der Waals surface area contributed by atoms with E-state index >= 15 is 0 Å². The predicted octanol–water partition coefficient (Wildman–Crippen LogP) is 5.72. The number of benzene rings is 1. The molecule has 1 fully saturated rings. The highest BCUT2D eigenvalue weighted by Gasteiger charge is 2.35. The van der Waals surface area contributed by atoms with E-state index in [1.165, 1.54) is 33.7 Å². The molecule has 2 aromatic rings. The molecule has 1 aliphatic carbocycles. The lowest BCUT2D eigenvalue weighted by atomic mass is 9.79. The average molecular weight is 530 g/mol. The van der Waals surface area contributed by atoms with Crippen LogP contribution in [0.3, 0.4) is 0 Å². The maximum Gasteiger partial charge on any atom is 0.242 e. The van der Waals surface area contributed by atoms with Crippen molar-refractivity contribution in [1.29, 1.82) is 0 Å². The minimum atomic E-state index is -0.0703. The lowest BCUT2D eigenvalue weighted by Crippen LogP contribution is -2.46. The highest BCUT2D eigenvalue weighted by molar-refractivity contribution is 7.10. The molecule has 4 aliphatic rings. The van der Waals surface area contributed by atoms with Gasteiger partial charge in [0, 0.05) is 36.2 Å². The van der Waals surface area contributed by atoms with Crippen molar-refractivity contribution in [2.24, 2.45) is 9.98 Å². The number of hydrogen-bond donors (Lipinski definition) is 0. The van der Waals surface area contributed by atoms with Gasteiger partial charge in [-0.1, -0.05) is 46.8 Å². The number of nitrogens with zero attached hydrogens (tertiary/aromatic N) is 5. The molecule has 1 aromatic carbocycles. The monoisotopic (exact) mass is 529 g/mol. The van der Waals surface area contributed by atoms with Gasteiger partial charge in [-0.2, -0.15) is 0 Å². The summed E-state index contributed by atoms with van der Waals surface area (Å²) >= 11 is 1.80. The molecule has 4 heterocycles. The minimum absolute atomic E-state index is 0.0361. The first kappa shape index (κ1) is 25.5. The van der Waals surface area contributed by atoms with E-state index in [0.29, 0.717) is 12.5 Å². The van der Waals surface area contributed by atoms with Crippen molar-refractivity contribution in [2.75, 3.05) is 19.6 Å². The molecule has 1 amide bonds. The molecule has 0 spiro atoms. The molecular weight excluding hydrogens is 490 g/mol. The number of aliphatic imine (C=N–C) groups is 2. The van der Waals surface area contributed by atoms with Crippen LogP contribution < -0.4 is 0 Å². The summed E-state index contributed by atoms with van der Waals surface area (Å²) in [5.41, 5.74) is 7.17. The highest BCUT2D eigenvalue weighted by atomic mass is 32.1. The first-order valence-corrected chi connectivity index (χ1v) is 14.9. The van der Waals surface area contributed by atoms with Crippen LogP contribution in [0.2, 0.25) is 0 Å². The number of aromatic nitrogens is 1. The molecule has 0 saturated carbocycles. The zero-order valence-corrected chi connectivity index (χ0v) is 24.1. The van der Waals surface area contributed by atoms with E-state index < -0.39 is 0 Å². The molecule has 2 atom stereocenters. The summed E-state index contributed by atoms with van der Waals surface area (Å²) in [5.74, 6) is 0.580. The molecule has 1 saturated heterocycles. The molecule has 0 bridgehead atoms. The molecule has 7 heteroatoms. The third-order valence-corrected chi connectivity index (χ3v) is 9.83. The van der Waals surface area contributed by atoms with Crippen molar-refractivity contribution in [3.63, 3.8) is 0 Å². The van der Waals surface area contributed by atoms with Gasteiger partial charge in [-0.25, -0.2) is 4.98 Å². The topological polar surface area (TPSA) is 61.2 Å². The molecule has 6 rings (SSSR count). The minimum Gasteiger partial charge on any atom is -0.341 e. The zero-order chi connectivity index (χ0) is 26.7. The molecule has 6 nitrogen and oxygen atoms in total. The van der Waals surface area contributed by atoms with Gasteiger partial charge in [0.2, 0.25) is 5.91 Å². The predicted molar refractivity (Wildman–Crippen MR) is 157 cm³/mol. The largest absolute Gasteiger partial charge is 0.341 e. The van der Waals surface area contributed by atoms with Crippen LogP contribution in [-0.4, -0.2) is 65.1 Å². The number of hydrogen-bond acceptors (Lipinski definition) is 6. The first-order valence-electron chi connectivity index (χ1n) is 14.0. The fourth-order valence-electron chi connectivity index (χ4n) is 6.27. The van der Waals surface area contributed by atoms with Crippen LogP contribution in [-0.2, 0) is 22.0 Å². The second-order valence-corrected chi connectivity index (χ2v) is 13.8. The number of allylic oxidation sites excluding steroid dienone is 1. The van der Waals surface area contributed by atoms with Crippen LogP contribution in [0.25, 0.3) is 11.3 Å². The fraction of sp³-hybridized carbons (Fsp3) is 0.548. The van der Waals surface area contributed by atoms with Crippen molar-refractivity contribution < 1.29 is 4.79 Å². The Hall–Kier alpha value is -2.80. The Kier molecular flexibility index (Phi) is 6.33. The van der Waals surface area contributed by atoms with E-state index in [4.69, 9.17) is 4.98 Å². The summed E-state index contributed by atoms with van der Waals surface area (Å²) in [7, 11) is 0. The number of thiazole rings is 1. The Morgan fingerprint density at radius 1 is 1.16 bits per heavy atom. The van der Waals surface area contributed by atoms with Gasteiger partial charge in [0.1, 0.15) is 18.8 Å². The maximum absolute atomic E-state index is 13.1. The van der Waals surface area contributed by atoms with Gasteiger partial charge in [-0.05, 0) is 65.3 Å². The standard InChI is InChI=1S/C31H39N5OS/c1-30(2,3)21-15-23(22-8-11-31(4,5)24(22)16-21)26-18-38-29(34-26)20-9-13-35(14-10-20)27(37)17-36-19-33-25-7-6-12-32-28(25)36/h6-7,12,15-16,18-20,25,28H,8-11,13-14,17H2,1-5H3. The lowest BCUT2D eigenvalue weighted by Gasteiger charge is -2.33. The Morgan fingerprint density at radius 3 is 2.71 bits per heavy atom. The Balaban J connectivity index is 1.14. The van der Waals surface area contributed by atoms with Gasteiger partial charge >= 0.3 is 0 Å². The van der Waals surface area contributed by atoms with Crippen molar-refractivity contribution in [3.8, 4) is 11.3 Å².